The van der Waals surface area contributed by atoms with Crippen LogP contribution in [0.4, 0.5) is 0 Å². The number of nitrogens with zero attached hydrogens (tertiary/aromatic N) is 1. The molecule has 0 spiro atoms. The molecule has 3 rings (SSSR count). The predicted octanol–water partition coefficient (Wildman–Crippen LogP) is 6.01. The summed E-state index contributed by atoms with van der Waals surface area (Å²) in [6.45, 7) is 16.4. The second-order valence-corrected chi connectivity index (χ2v) is 9.94. The number of allylic oxidation sites excluding steroid dienone is 1. The van der Waals surface area contributed by atoms with E-state index in [4.69, 9.17) is 9.15 Å². The Labute approximate surface area is 183 Å². The third-order valence-electron chi connectivity index (χ3n) is 8.47. The first-order valence-corrected chi connectivity index (χ1v) is 11.8. The molecule has 30 heavy (non-hydrogen) atoms. The van der Waals surface area contributed by atoms with Crippen LogP contribution >= 0.6 is 0 Å². The molecular weight excluding hydrogens is 374 g/mol. The van der Waals surface area contributed by atoms with E-state index in [9.17, 15) is 4.79 Å². The van der Waals surface area contributed by atoms with Crippen LogP contribution in [-0.4, -0.2) is 31.1 Å². The minimum atomic E-state index is -0.371. The van der Waals surface area contributed by atoms with E-state index in [0.717, 1.165) is 63.9 Å². The van der Waals surface area contributed by atoms with Crippen molar-refractivity contribution in [3.63, 3.8) is 0 Å². The summed E-state index contributed by atoms with van der Waals surface area (Å²) in [6, 6.07) is 2.14. The molecule has 0 amide bonds. The van der Waals surface area contributed by atoms with Crippen LogP contribution in [0.15, 0.2) is 28.9 Å². The fourth-order valence-corrected chi connectivity index (χ4v) is 6.64. The normalized spacial score (nSPS) is 31.6. The van der Waals surface area contributed by atoms with Crippen LogP contribution < -0.4 is 0 Å². The molecular formula is C26H41NO3. The van der Waals surface area contributed by atoms with E-state index < -0.39 is 0 Å². The Morgan fingerprint density at radius 3 is 2.70 bits per heavy atom. The number of carbonyl (C=O) groups excluding carboxylic acids is 1. The highest BCUT2D eigenvalue weighted by Gasteiger charge is 2.57. The number of hydrogen-bond donors (Lipinski definition) is 0. The van der Waals surface area contributed by atoms with Crippen LogP contribution in [0.25, 0.3) is 0 Å². The molecule has 4 nitrogen and oxygen atoms in total. The molecule has 2 saturated carbocycles. The average molecular weight is 416 g/mol. The topological polar surface area (TPSA) is 42.7 Å². The Morgan fingerprint density at radius 2 is 2.03 bits per heavy atom. The molecule has 0 radical (unpaired) electrons. The van der Waals surface area contributed by atoms with Crippen molar-refractivity contribution in [3.05, 3.63) is 35.8 Å². The van der Waals surface area contributed by atoms with Crippen molar-refractivity contribution in [1.82, 2.24) is 4.90 Å². The van der Waals surface area contributed by atoms with Crippen LogP contribution in [-0.2, 0) is 22.5 Å². The van der Waals surface area contributed by atoms with Crippen molar-refractivity contribution in [2.45, 2.75) is 79.2 Å². The highest BCUT2D eigenvalue weighted by molar-refractivity contribution is 5.77. The first-order chi connectivity index (χ1) is 14.3. The predicted molar refractivity (Wildman–Crippen MR) is 121 cm³/mol. The Bertz CT molecular complexity index is 749. The quantitative estimate of drug-likeness (QED) is 0.385. The lowest BCUT2D eigenvalue weighted by Gasteiger charge is -2.57. The number of ether oxygens (including phenoxy) is 1. The molecule has 0 aromatic carbocycles. The van der Waals surface area contributed by atoms with Crippen LogP contribution in [0, 0.1) is 22.7 Å². The molecule has 0 aliphatic heterocycles. The molecule has 1 aromatic heterocycles. The van der Waals surface area contributed by atoms with Gasteiger partial charge < -0.3 is 9.15 Å². The van der Waals surface area contributed by atoms with Gasteiger partial charge in [-0.3, -0.25) is 9.69 Å². The molecule has 2 unspecified atom stereocenters. The van der Waals surface area contributed by atoms with Gasteiger partial charge in [0.25, 0.3) is 0 Å². The van der Waals surface area contributed by atoms with Gasteiger partial charge in [0.15, 0.2) is 0 Å². The maximum Gasteiger partial charge on any atom is 0.311 e. The van der Waals surface area contributed by atoms with Crippen molar-refractivity contribution in [3.8, 4) is 0 Å². The molecule has 0 saturated heterocycles. The van der Waals surface area contributed by atoms with Crippen LogP contribution in [0.1, 0.15) is 77.5 Å². The molecule has 1 aromatic rings. The fourth-order valence-electron chi connectivity index (χ4n) is 6.64. The van der Waals surface area contributed by atoms with Crippen molar-refractivity contribution in [2.75, 3.05) is 20.2 Å². The standard InChI is InChI=1S/C26H41NO3/c1-7-27(8-2)18-22-20(14-17-30-22)11-12-21-19(3)10-13-23-25(21,4)15-9-16-26(23,5)24(28)29-6/h14,17,21,23H,3,7-13,15-16,18H2,1-2,4-6H3/t21-,23?,25+,26?/m0/s1. The highest BCUT2D eigenvalue weighted by atomic mass is 16.5. The van der Waals surface area contributed by atoms with Crippen molar-refractivity contribution < 1.29 is 13.9 Å². The third kappa shape index (κ3) is 4.12. The smallest absolute Gasteiger partial charge is 0.311 e. The van der Waals surface area contributed by atoms with Gasteiger partial charge >= 0.3 is 5.97 Å². The molecule has 2 fully saturated rings. The molecule has 0 N–H and O–H groups in total. The van der Waals surface area contributed by atoms with Crippen molar-refractivity contribution >= 4 is 5.97 Å². The zero-order chi connectivity index (χ0) is 21.9. The Morgan fingerprint density at radius 1 is 1.30 bits per heavy atom. The fraction of sp³-hybridized carbons (Fsp3) is 0.731. The first-order valence-electron chi connectivity index (χ1n) is 11.8. The van der Waals surface area contributed by atoms with Crippen LogP contribution in [0.2, 0.25) is 0 Å². The monoisotopic (exact) mass is 415 g/mol. The van der Waals surface area contributed by atoms with Crippen LogP contribution in [0.5, 0.6) is 0 Å². The summed E-state index contributed by atoms with van der Waals surface area (Å²) in [5, 5.41) is 0. The SMILES string of the molecule is C=C1CCC2C(C)(C(=O)OC)CCC[C@]2(C)[C@H]1CCc1ccoc1CN(CC)CC. The van der Waals surface area contributed by atoms with E-state index in [-0.39, 0.29) is 16.8 Å². The summed E-state index contributed by atoms with van der Waals surface area (Å²) in [7, 11) is 1.54. The lowest BCUT2D eigenvalue weighted by atomic mass is 9.46. The summed E-state index contributed by atoms with van der Waals surface area (Å²) in [6.07, 6.45) is 9.19. The maximum absolute atomic E-state index is 12.8. The van der Waals surface area contributed by atoms with Crippen LogP contribution in [0.3, 0.4) is 0 Å². The van der Waals surface area contributed by atoms with E-state index in [2.05, 4.69) is 45.2 Å². The van der Waals surface area contributed by atoms with Crippen molar-refractivity contribution in [1.29, 1.82) is 0 Å². The Hall–Kier alpha value is -1.55. The van der Waals surface area contributed by atoms with Gasteiger partial charge in [0.1, 0.15) is 5.76 Å². The van der Waals surface area contributed by atoms with E-state index in [0.29, 0.717) is 11.8 Å². The Balaban J connectivity index is 1.78. The van der Waals surface area contributed by atoms with Gasteiger partial charge in [-0.15, -0.1) is 0 Å². The zero-order valence-electron chi connectivity index (χ0n) is 19.8. The summed E-state index contributed by atoms with van der Waals surface area (Å²) in [5.41, 5.74) is 2.44. The van der Waals surface area contributed by atoms with E-state index in [1.54, 1.807) is 0 Å². The molecule has 4 atom stereocenters. The van der Waals surface area contributed by atoms with Gasteiger partial charge in [-0.25, -0.2) is 0 Å². The third-order valence-corrected chi connectivity index (χ3v) is 8.47. The Kier molecular flexibility index (Phi) is 7.16. The van der Waals surface area contributed by atoms with Gasteiger partial charge in [-0.2, -0.15) is 0 Å². The zero-order valence-corrected chi connectivity index (χ0v) is 19.8. The van der Waals surface area contributed by atoms with Gasteiger partial charge in [-0.1, -0.05) is 39.3 Å². The van der Waals surface area contributed by atoms with Gasteiger partial charge in [0.2, 0.25) is 0 Å². The number of methoxy groups -OCH3 is 1. The average Bonchev–Trinajstić information content (AvgIpc) is 3.17. The second kappa shape index (κ2) is 9.30. The number of esters is 1. The minimum Gasteiger partial charge on any atom is -0.469 e. The summed E-state index contributed by atoms with van der Waals surface area (Å²) < 4.78 is 11.1. The van der Waals surface area contributed by atoms with Gasteiger partial charge in [-0.05, 0) is 87.4 Å². The molecule has 0 bridgehead atoms. The van der Waals surface area contributed by atoms with Gasteiger partial charge in [0, 0.05) is 0 Å². The number of hydrogen-bond acceptors (Lipinski definition) is 4. The molecule has 2 aliphatic rings. The maximum atomic E-state index is 12.8. The number of furan rings is 1. The lowest BCUT2D eigenvalue weighted by molar-refractivity contribution is -0.168. The van der Waals surface area contributed by atoms with E-state index in [1.807, 2.05) is 6.26 Å². The number of carbonyl (C=O) groups is 1. The molecule has 1 heterocycles. The summed E-state index contributed by atoms with van der Waals surface area (Å²) in [5.74, 6) is 1.88. The van der Waals surface area contributed by atoms with Crippen molar-refractivity contribution in [2.24, 2.45) is 22.7 Å². The second-order valence-electron chi connectivity index (χ2n) is 9.94. The minimum absolute atomic E-state index is 0.0268. The first kappa shape index (κ1) is 23.1. The van der Waals surface area contributed by atoms with E-state index in [1.165, 1.54) is 24.7 Å². The molecule has 2 aliphatic carbocycles. The lowest BCUT2D eigenvalue weighted by Crippen LogP contribution is -2.53. The summed E-state index contributed by atoms with van der Waals surface area (Å²) in [4.78, 5) is 15.2. The van der Waals surface area contributed by atoms with E-state index >= 15 is 0 Å². The highest BCUT2D eigenvalue weighted by Crippen LogP contribution is 2.62. The summed E-state index contributed by atoms with van der Waals surface area (Å²) >= 11 is 0. The number of rotatable bonds is 8. The van der Waals surface area contributed by atoms with Gasteiger partial charge in [0.05, 0.1) is 25.3 Å². The number of fused-ring (bicyclic) bond motifs is 1. The number of aryl methyl sites for hydroxylation is 1. The molecule has 4 heteroatoms. The largest absolute Gasteiger partial charge is 0.469 e. The molecule has 168 valence electrons.